The molecule has 1 N–H and O–H groups in total. The van der Waals surface area contributed by atoms with Gasteiger partial charge in [0, 0.05) is 12.1 Å². The summed E-state index contributed by atoms with van der Waals surface area (Å²) < 4.78 is 10.3. The topological polar surface area (TPSA) is 103 Å². The van der Waals surface area contributed by atoms with Crippen LogP contribution in [0.3, 0.4) is 0 Å². The zero-order valence-electron chi connectivity index (χ0n) is 12.0. The fraction of sp³-hybridized carbons (Fsp3) is 0.385. The highest BCUT2D eigenvalue weighted by molar-refractivity contribution is 5.69. The number of nitro benzene ring substituents is 1. The van der Waals surface area contributed by atoms with Crippen LogP contribution in [0.1, 0.15) is 19.7 Å². The average molecular weight is 292 g/mol. The van der Waals surface area contributed by atoms with Gasteiger partial charge in [-0.3, -0.25) is 10.1 Å². The van der Waals surface area contributed by atoms with E-state index in [1.165, 1.54) is 13.2 Å². The molecule has 21 heavy (non-hydrogen) atoms. The molecular weight excluding hydrogens is 276 g/mol. The van der Waals surface area contributed by atoms with Crippen molar-refractivity contribution >= 4 is 5.69 Å². The molecule has 0 saturated heterocycles. The van der Waals surface area contributed by atoms with Gasteiger partial charge in [0.25, 0.3) is 5.89 Å². The van der Waals surface area contributed by atoms with Crippen LogP contribution in [0.25, 0.3) is 11.5 Å². The number of nitro groups is 1. The normalized spacial score (nSPS) is 10.9. The largest absolute Gasteiger partial charge is 0.490 e. The highest BCUT2D eigenvalue weighted by Crippen LogP contribution is 2.36. The van der Waals surface area contributed by atoms with Gasteiger partial charge < -0.3 is 14.6 Å². The van der Waals surface area contributed by atoms with E-state index in [2.05, 4.69) is 15.5 Å². The molecule has 0 bridgehead atoms. The van der Waals surface area contributed by atoms with Crippen molar-refractivity contribution < 1.29 is 14.2 Å². The SMILES string of the molecule is COc1c(-c2nc(CNC(C)C)no2)cccc1[N+](=O)[O-]. The van der Waals surface area contributed by atoms with Crippen LogP contribution in [0, 0.1) is 10.1 Å². The maximum absolute atomic E-state index is 11.0. The summed E-state index contributed by atoms with van der Waals surface area (Å²) in [5, 5.41) is 18.0. The van der Waals surface area contributed by atoms with Gasteiger partial charge in [-0.2, -0.15) is 4.98 Å². The van der Waals surface area contributed by atoms with E-state index in [-0.39, 0.29) is 17.3 Å². The standard InChI is InChI=1S/C13H16N4O4/c1-8(2)14-7-11-15-13(21-16-11)9-5-4-6-10(17(18)19)12(9)20-3/h4-6,8,14H,7H2,1-3H3. The molecule has 1 heterocycles. The van der Waals surface area contributed by atoms with E-state index in [9.17, 15) is 10.1 Å². The molecule has 8 heteroatoms. The van der Waals surface area contributed by atoms with Crippen LogP contribution in [0.5, 0.6) is 5.75 Å². The molecule has 0 fully saturated rings. The molecule has 0 aliphatic rings. The van der Waals surface area contributed by atoms with Gasteiger partial charge in [-0.15, -0.1) is 0 Å². The smallest absolute Gasteiger partial charge is 0.311 e. The van der Waals surface area contributed by atoms with Gasteiger partial charge in [0.2, 0.25) is 5.75 Å². The highest BCUT2D eigenvalue weighted by atomic mass is 16.6. The monoisotopic (exact) mass is 292 g/mol. The summed E-state index contributed by atoms with van der Waals surface area (Å²) in [5.74, 6) is 0.776. The number of nitrogens with zero attached hydrogens (tertiary/aromatic N) is 3. The number of hydrogen-bond donors (Lipinski definition) is 1. The molecule has 2 aromatic rings. The maximum atomic E-state index is 11.0. The minimum atomic E-state index is -0.514. The van der Waals surface area contributed by atoms with E-state index < -0.39 is 4.92 Å². The number of aromatic nitrogens is 2. The van der Waals surface area contributed by atoms with Crippen molar-refractivity contribution in [3.63, 3.8) is 0 Å². The molecule has 2 rings (SSSR count). The molecule has 0 aliphatic carbocycles. The Labute approximate surface area is 121 Å². The van der Waals surface area contributed by atoms with Gasteiger partial charge in [-0.1, -0.05) is 25.1 Å². The number of methoxy groups -OCH3 is 1. The number of rotatable bonds is 6. The fourth-order valence-electron chi connectivity index (χ4n) is 1.78. The van der Waals surface area contributed by atoms with Gasteiger partial charge in [0.15, 0.2) is 5.82 Å². The Kier molecular flexibility index (Phi) is 4.49. The Morgan fingerprint density at radius 2 is 2.24 bits per heavy atom. The van der Waals surface area contributed by atoms with Crippen molar-refractivity contribution in [3.05, 3.63) is 34.1 Å². The third-order valence-electron chi connectivity index (χ3n) is 2.76. The molecule has 0 saturated carbocycles. The summed E-state index contributed by atoms with van der Waals surface area (Å²) >= 11 is 0. The Bertz CT molecular complexity index is 639. The predicted octanol–water partition coefficient (Wildman–Crippen LogP) is 2.15. The molecular formula is C13H16N4O4. The molecule has 1 aromatic heterocycles. The molecule has 0 atom stereocenters. The second-order valence-corrected chi connectivity index (χ2v) is 4.67. The van der Waals surface area contributed by atoms with Crippen molar-refractivity contribution in [2.24, 2.45) is 0 Å². The van der Waals surface area contributed by atoms with E-state index in [1.807, 2.05) is 13.8 Å². The first-order valence-electron chi connectivity index (χ1n) is 6.40. The van der Waals surface area contributed by atoms with Crippen molar-refractivity contribution in [2.45, 2.75) is 26.4 Å². The molecule has 0 radical (unpaired) electrons. The lowest BCUT2D eigenvalue weighted by atomic mass is 10.1. The number of ether oxygens (including phenoxy) is 1. The lowest BCUT2D eigenvalue weighted by Gasteiger charge is -2.05. The molecule has 0 aliphatic heterocycles. The Balaban J connectivity index is 2.34. The van der Waals surface area contributed by atoms with Crippen molar-refractivity contribution in [2.75, 3.05) is 7.11 Å². The lowest BCUT2D eigenvalue weighted by Crippen LogP contribution is -2.22. The number of nitrogens with one attached hydrogen (secondary N) is 1. The minimum Gasteiger partial charge on any atom is -0.490 e. The molecule has 8 nitrogen and oxygen atoms in total. The Morgan fingerprint density at radius 1 is 1.48 bits per heavy atom. The fourth-order valence-corrected chi connectivity index (χ4v) is 1.78. The Morgan fingerprint density at radius 3 is 2.86 bits per heavy atom. The summed E-state index contributed by atoms with van der Waals surface area (Å²) in [6.07, 6.45) is 0. The summed E-state index contributed by atoms with van der Waals surface area (Å²) in [7, 11) is 1.36. The second kappa shape index (κ2) is 6.31. The summed E-state index contributed by atoms with van der Waals surface area (Å²) in [4.78, 5) is 14.7. The third kappa shape index (κ3) is 3.34. The van der Waals surface area contributed by atoms with Crippen LogP contribution in [0.15, 0.2) is 22.7 Å². The summed E-state index contributed by atoms with van der Waals surface area (Å²) in [6, 6.07) is 4.84. The predicted molar refractivity (Wildman–Crippen MR) is 74.9 cm³/mol. The van der Waals surface area contributed by atoms with Gasteiger partial charge in [0.1, 0.15) is 0 Å². The van der Waals surface area contributed by atoms with Crippen LogP contribution in [0.4, 0.5) is 5.69 Å². The zero-order valence-corrected chi connectivity index (χ0v) is 12.0. The maximum Gasteiger partial charge on any atom is 0.311 e. The van der Waals surface area contributed by atoms with Crippen LogP contribution >= 0.6 is 0 Å². The molecule has 1 aromatic carbocycles. The first kappa shape index (κ1) is 14.9. The number of benzene rings is 1. The van der Waals surface area contributed by atoms with E-state index in [1.54, 1.807) is 12.1 Å². The first-order chi connectivity index (χ1) is 10.0. The van der Waals surface area contributed by atoms with Crippen molar-refractivity contribution in [3.8, 4) is 17.2 Å². The number of para-hydroxylation sites is 1. The molecule has 112 valence electrons. The van der Waals surface area contributed by atoms with Gasteiger partial charge in [-0.05, 0) is 6.07 Å². The second-order valence-electron chi connectivity index (χ2n) is 4.67. The van der Waals surface area contributed by atoms with E-state index in [0.717, 1.165) is 0 Å². The van der Waals surface area contributed by atoms with Crippen LogP contribution in [0.2, 0.25) is 0 Å². The van der Waals surface area contributed by atoms with E-state index in [0.29, 0.717) is 24.0 Å². The van der Waals surface area contributed by atoms with Crippen molar-refractivity contribution in [1.29, 1.82) is 0 Å². The van der Waals surface area contributed by atoms with Crippen LogP contribution in [-0.4, -0.2) is 28.2 Å². The van der Waals surface area contributed by atoms with Gasteiger partial charge in [0.05, 0.1) is 24.1 Å². The third-order valence-corrected chi connectivity index (χ3v) is 2.76. The van der Waals surface area contributed by atoms with Crippen LogP contribution < -0.4 is 10.1 Å². The quantitative estimate of drug-likeness (QED) is 0.642. The summed E-state index contributed by atoms with van der Waals surface area (Å²) in [6.45, 7) is 4.47. The Hall–Kier alpha value is -2.48. The van der Waals surface area contributed by atoms with Gasteiger partial charge in [-0.25, -0.2) is 0 Å². The van der Waals surface area contributed by atoms with E-state index in [4.69, 9.17) is 9.26 Å². The molecule has 0 unspecified atom stereocenters. The van der Waals surface area contributed by atoms with Crippen LogP contribution in [-0.2, 0) is 6.54 Å². The van der Waals surface area contributed by atoms with Gasteiger partial charge >= 0.3 is 5.69 Å². The minimum absolute atomic E-state index is 0.106. The lowest BCUT2D eigenvalue weighted by molar-refractivity contribution is -0.385. The molecule has 0 amide bonds. The van der Waals surface area contributed by atoms with Crippen molar-refractivity contribution in [1.82, 2.24) is 15.5 Å². The first-order valence-corrected chi connectivity index (χ1v) is 6.40. The average Bonchev–Trinajstić information content (AvgIpc) is 2.92. The molecule has 0 spiro atoms. The zero-order chi connectivity index (χ0) is 15.4. The van der Waals surface area contributed by atoms with E-state index >= 15 is 0 Å². The summed E-state index contributed by atoms with van der Waals surface area (Å²) in [5.41, 5.74) is 0.255. The highest BCUT2D eigenvalue weighted by Gasteiger charge is 2.22. The number of hydrogen-bond acceptors (Lipinski definition) is 7.